The van der Waals surface area contributed by atoms with Gasteiger partial charge in [0.15, 0.2) is 0 Å². The minimum atomic E-state index is 0.0692. The van der Waals surface area contributed by atoms with Crippen molar-refractivity contribution >= 4 is 38.4 Å². The Morgan fingerprint density at radius 2 is 2.04 bits per heavy atom. The summed E-state index contributed by atoms with van der Waals surface area (Å²) in [6.07, 6.45) is 3.83. The summed E-state index contributed by atoms with van der Waals surface area (Å²) in [7, 11) is 3.55. The first kappa shape index (κ1) is 14.9. The molecule has 0 aliphatic carbocycles. The van der Waals surface area contributed by atoms with Gasteiger partial charge in [0, 0.05) is 41.6 Å². The Balaban J connectivity index is 1.78. The van der Waals surface area contributed by atoms with Crippen LogP contribution in [0.4, 0.5) is 0 Å². The number of benzene rings is 1. The number of aromatic nitrogens is 2. The molecule has 0 aliphatic heterocycles. The molecule has 0 bridgehead atoms. The largest absolute Gasteiger partial charge is 0.347 e. The molecule has 3 aromatic heterocycles. The van der Waals surface area contributed by atoms with Crippen LogP contribution in [0.1, 0.15) is 0 Å². The van der Waals surface area contributed by atoms with Gasteiger partial charge in [-0.05, 0) is 29.7 Å². The van der Waals surface area contributed by atoms with E-state index in [2.05, 4.69) is 41.4 Å². The Morgan fingerprint density at radius 1 is 1.21 bits per heavy atom. The number of carbonyl (C=O) groups excluding carboxylic acids is 1. The van der Waals surface area contributed by atoms with Gasteiger partial charge < -0.3 is 9.47 Å². The number of likely N-dealkylation sites (N-methyl/N-ethyl adjacent to an activating group) is 1. The van der Waals surface area contributed by atoms with Gasteiger partial charge in [0.1, 0.15) is 6.54 Å². The highest BCUT2D eigenvalue weighted by Gasteiger charge is 2.11. The second-order valence-corrected chi connectivity index (χ2v) is 7.09. The highest BCUT2D eigenvalue weighted by atomic mass is 32.1. The zero-order valence-corrected chi connectivity index (χ0v) is 14.4. The van der Waals surface area contributed by atoms with E-state index in [1.54, 1.807) is 30.3 Å². The molecule has 0 spiro atoms. The standard InChI is InChI=1S/C19H17N3OS/c1-21(2)19(23)12-22-8-7-15-16(22)9-14(11-20-15)18-10-13-5-3-4-6-17(13)24-18/h3-11H,12H2,1-2H3. The van der Waals surface area contributed by atoms with Crippen molar-refractivity contribution in [2.75, 3.05) is 14.1 Å². The lowest BCUT2D eigenvalue weighted by Gasteiger charge is -2.11. The summed E-state index contributed by atoms with van der Waals surface area (Å²) >= 11 is 1.76. The third-order valence-corrected chi connectivity index (χ3v) is 5.30. The van der Waals surface area contributed by atoms with E-state index >= 15 is 0 Å². The molecule has 0 saturated heterocycles. The summed E-state index contributed by atoms with van der Waals surface area (Å²) < 4.78 is 3.23. The highest BCUT2D eigenvalue weighted by Crippen LogP contribution is 2.34. The van der Waals surface area contributed by atoms with Crippen LogP contribution in [-0.4, -0.2) is 34.5 Å². The second-order valence-electron chi connectivity index (χ2n) is 6.01. The first-order valence-corrected chi connectivity index (χ1v) is 8.57. The molecule has 4 aromatic rings. The number of hydrogen-bond acceptors (Lipinski definition) is 3. The van der Waals surface area contributed by atoms with Crippen molar-refractivity contribution in [3.63, 3.8) is 0 Å². The van der Waals surface area contributed by atoms with Crippen molar-refractivity contribution in [1.82, 2.24) is 14.5 Å². The Labute approximate surface area is 144 Å². The summed E-state index contributed by atoms with van der Waals surface area (Å²) in [5, 5.41) is 1.25. The van der Waals surface area contributed by atoms with E-state index < -0.39 is 0 Å². The molecule has 4 rings (SSSR count). The van der Waals surface area contributed by atoms with E-state index in [1.165, 1.54) is 15.0 Å². The molecule has 120 valence electrons. The average Bonchev–Trinajstić information content (AvgIpc) is 3.18. The van der Waals surface area contributed by atoms with Crippen molar-refractivity contribution in [2.24, 2.45) is 0 Å². The fourth-order valence-corrected chi connectivity index (χ4v) is 3.79. The van der Waals surface area contributed by atoms with Crippen LogP contribution in [0.2, 0.25) is 0 Å². The molecule has 0 saturated carbocycles. The number of hydrogen-bond donors (Lipinski definition) is 0. The van der Waals surface area contributed by atoms with E-state index in [0.29, 0.717) is 6.54 Å². The van der Waals surface area contributed by atoms with Crippen LogP contribution in [0.25, 0.3) is 31.6 Å². The third-order valence-electron chi connectivity index (χ3n) is 4.13. The molecule has 4 nitrogen and oxygen atoms in total. The summed E-state index contributed by atoms with van der Waals surface area (Å²) in [6.45, 7) is 0.327. The molecule has 0 N–H and O–H groups in total. The quantitative estimate of drug-likeness (QED) is 0.567. The second kappa shape index (κ2) is 5.76. The van der Waals surface area contributed by atoms with Gasteiger partial charge in [-0.1, -0.05) is 18.2 Å². The SMILES string of the molecule is CN(C)C(=O)Cn1ccc2ncc(-c3cc4ccccc4s3)cc21. The van der Waals surface area contributed by atoms with Crippen LogP contribution in [0.15, 0.2) is 54.9 Å². The van der Waals surface area contributed by atoms with Crippen LogP contribution in [0.5, 0.6) is 0 Å². The number of amides is 1. The van der Waals surface area contributed by atoms with Gasteiger partial charge >= 0.3 is 0 Å². The molecule has 1 aromatic carbocycles. The molecule has 24 heavy (non-hydrogen) atoms. The Kier molecular flexibility index (Phi) is 3.58. The fraction of sp³-hybridized carbons (Fsp3) is 0.158. The van der Waals surface area contributed by atoms with Crippen LogP contribution in [0, 0.1) is 0 Å². The van der Waals surface area contributed by atoms with Gasteiger partial charge in [0.2, 0.25) is 5.91 Å². The highest BCUT2D eigenvalue weighted by molar-refractivity contribution is 7.22. The van der Waals surface area contributed by atoms with Crippen molar-refractivity contribution in [1.29, 1.82) is 0 Å². The predicted octanol–water partition coefficient (Wildman–Crippen LogP) is 4.01. The van der Waals surface area contributed by atoms with Crippen molar-refractivity contribution in [2.45, 2.75) is 6.54 Å². The average molecular weight is 335 g/mol. The molecule has 5 heteroatoms. The molecular formula is C19H17N3OS. The number of nitrogens with zero attached hydrogens (tertiary/aromatic N) is 3. The molecule has 0 unspecified atom stereocenters. The van der Waals surface area contributed by atoms with Gasteiger partial charge in [-0.3, -0.25) is 9.78 Å². The summed E-state index contributed by atoms with van der Waals surface area (Å²) in [5.74, 6) is 0.0692. The number of thiophene rings is 1. The van der Waals surface area contributed by atoms with Gasteiger partial charge in [0.05, 0.1) is 11.0 Å². The molecule has 1 amide bonds. The Hall–Kier alpha value is -2.66. The smallest absolute Gasteiger partial charge is 0.241 e. The zero-order chi connectivity index (χ0) is 16.7. The van der Waals surface area contributed by atoms with Gasteiger partial charge in [-0.2, -0.15) is 0 Å². The van der Waals surface area contributed by atoms with Gasteiger partial charge in [-0.25, -0.2) is 0 Å². The van der Waals surface area contributed by atoms with Crippen LogP contribution >= 0.6 is 11.3 Å². The van der Waals surface area contributed by atoms with Crippen LogP contribution in [0.3, 0.4) is 0 Å². The first-order chi connectivity index (χ1) is 11.6. The number of fused-ring (bicyclic) bond motifs is 2. The van der Waals surface area contributed by atoms with E-state index in [1.807, 2.05) is 23.0 Å². The topological polar surface area (TPSA) is 38.1 Å². The number of carbonyl (C=O) groups is 1. The lowest BCUT2D eigenvalue weighted by molar-refractivity contribution is -0.129. The summed E-state index contributed by atoms with van der Waals surface area (Å²) in [4.78, 5) is 19.4. The third kappa shape index (κ3) is 2.57. The maximum Gasteiger partial charge on any atom is 0.241 e. The summed E-state index contributed by atoms with van der Waals surface area (Å²) in [5.41, 5.74) is 2.98. The van der Waals surface area contributed by atoms with Crippen molar-refractivity contribution in [3.05, 3.63) is 54.9 Å². The fourth-order valence-electron chi connectivity index (χ4n) is 2.75. The maximum atomic E-state index is 12.0. The normalized spacial score (nSPS) is 11.2. The molecule has 0 radical (unpaired) electrons. The van der Waals surface area contributed by atoms with E-state index in [-0.39, 0.29) is 5.91 Å². The minimum absolute atomic E-state index is 0.0692. The van der Waals surface area contributed by atoms with E-state index in [9.17, 15) is 4.79 Å². The minimum Gasteiger partial charge on any atom is -0.347 e. The van der Waals surface area contributed by atoms with Crippen LogP contribution < -0.4 is 0 Å². The number of rotatable bonds is 3. The lowest BCUT2D eigenvalue weighted by atomic mass is 10.2. The first-order valence-electron chi connectivity index (χ1n) is 7.76. The van der Waals surface area contributed by atoms with Crippen molar-refractivity contribution < 1.29 is 4.79 Å². The lowest BCUT2D eigenvalue weighted by Crippen LogP contribution is -2.25. The van der Waals surface area contributed by atoms with Crippen LogP contribution in [-0.2, 0) is 11.3 Å². The maximum absolute atomic E-state index is 12.0. The van der Waals surface area contributed by atoms with Crippen molar-refractivity contribution in [3.8, 4) is 10.4 Å². The zero-order valence-electron chi connectivity index (χ0n) is 13.6. The molecule has 0 atom stereocenters. The molecule has 0 aliphatic rings. The van der Waals surface area contributed by atoms with E-state index in [0.717, 1.165) is 16.6 Å². The molecule has 0 fully saturated rings. The monoisotopic (exact) mass is 335 g/mol. The number of pyridine rings is 1. The Morgan fingerprint density at radius 3 is 2.83 bits per heavy atom. The predicted molar refractivity (Wildman–Crippen MR) is 99.2 cm³/mol. The molecular weight excluding hydrogens is 318 g/mol. The van der Waals surface area contributed by atoms with Gasteiger partial charge in [0.25, 0.3) is 0 Å². The summed E-state index contributed by atoms with van der Waals surface area (Å²) in [6, 6.07) is 14.6. The molecule has 3 heterocycles. The Bertz CT molecular complexity index is 1010. The van der Waals surface area contributed by atoms with E-state index in [4.69, 9.17) is 0 Å². The van der Waals surface area contributed by atoms with Gasteiger partial charge in [-0.15, -0.1) is 11.3 Å².